The fourth-order valence-corrected chi connectivity index (χ4v) is 3.50. The van der Waals surface area contributed by atoms with E-state index in [0.717, 1.165) is 0 Å². The van der Waals surface area contributed by atoms with Crippen LogP contribution in [-0.2, 0) is 33.3 Å². The third kappa shape index (κ3) is 12.2. The Hall–Kier alpha value is -3.41. The lowest BCUT2D eigenvalue weighted by atomic mass is 10.1. The summed E-state index contributed by atoms with van der Waals surface area (Å²) in [5.41, 5.74) is 0.153. The van der Waals surface area contributed by atoms with Gasteiger partial charge in [-0.3, -0.25) is 19.3 Å². The smallest absolute Gasteiger partial charge is 0.308 e. The van der Waals surface area contributed by atoms with E-state index in [-0.39, 0.29) is 37.4 Å². The van der Waals surface area contributed by atoms with Crippen LogP contribution in [0.15, 0.2) is 30.4 Å². The number of amides is 2. The van der Waals surface area contributed by atoms with Gasteiger partial charge in [-0.15, -0.1) is 0 Å². The summed E-state index contributed by atoms with van der Waals surface area (Å²) in [6.07, 6.45) is 6.94. The van der Waals surface area contributed by atoms with Gasteiger partial charge in [0.15, 0.2) is 11.5 Å². The Balaban J connectivity index is 1.67. The van der Waals surface area contributed by atoms with Gasteiger partial charge in [-0.25, -0.2) is 0 Å². The molecule has 1 aromatic rings. The fourth-order valence-electron chi connectivity index (χ4n) is 3.50. The lowest BCUT2D eigenvalue weighted by molar-refractivity contribution is -0.156. The number of esters is 1. The Morgan fingerprint density at radius 1 is 0.900 bits per heavy atom. The Morgan fingerprint density at radius 2 is 1.48 bits per heavy atom. The molecule has 0 spiro atoms. The van der Waals surface area contributed by atoms with Gasteiger partial charge in [0.1, 0.15) is 12.2 Å². The van der Waals surface area contributed by atoms with Crippen molar-refractivity contribution >= 4 is 23.9 Å². The van der Waals surface area contributed by atoms with E-state index in [4.69, 9.17) is 33.2 Å². The second kappa shape index (κ2) is 17.3. The first-order valence-electron chi connectivity index (χ1n) is 13.2. The first-order chi connectivity index (χ1) is 19.1. The van der Waals surface area contributed by atoms with Crippen molar-refractivity contribution in [2.24, 2.45) is 0 Å². The number of rotatable bonds is 17. The van der Waals surface area contributed by atoms with Gasteiger partial charge in [0, 0.05) is 12.6 Å². The van der Waals surface area contributed by atoms with Crippen molar-refractivity contribution in [1.29, 1.82) is 0 Å². The highest BCUT2D eigenvalue weighted by atomic mass is 16.6. The Labute approximate surface area is 235 Å². The van der Waals surface area contributed by atoms with E-state index < -0.39 is 5.60 Å². The summed E-state index contributed by atoms with van der Waals surface area (Å²) in [6, 6.07) is 3.42. The predicted molar refractivity (Wildman–Crippen MR) is 147 cm³/mol. The minimum Gasteiger partial charge on any atom is -0.493 e. The Bertz CT molecular complexity index is 1000. The van der Waals surface area contributed by atoms with E-state index >= 15 is 0 Å². The van der Waals surface area contributed by atoms with Gasteiger partial charge in [-0.2, -0.15) is 0 Å². The molecule has 1 aromatic carbocycles. The van der Waals surface area contributed by atoms with Crippen molar-refractivity contribution in [3.63, 3.8) is 0 Å². The number of ether oxygens (including phenoxy) is 7. The van der Waals surface area contributed by atoms with Crippen LogP contribution in [0.25, 0.3) is 6.08 Å². The number of hydrogen-bond acceptors (Lipinski definition) is 10. The standard InChI is InChI=1S/C29H41NO10/c1-29(2,3)40-27(33)11-13-36-14-15-37-16-17-38-18-19-39-28-23(34-4)20-22(21-24(28)35-5)9-10-26(32)30-12-7-6-8-25(30)31/h6,8-10,20-21H,7,11-19H2,1-5H3/b10-9+. The molecular weight excluding hydrogens is 522 g/mol. The van der Waals surface area contributed by atoms with Crippen LogP contribution < -0.4 is 14.2 Å². The number of nitrogens with zero attached hydrogens (tertiary/aromatic N) is 1. The van der Waals surface area contributed by atoms with Crippen LogP contribution in [0.4, 0.5) is 0 Å². The summed E-state index contributed by atoms with van der Waals surface area (Å²) in [6.45, 7) is 8.21. The maximum atomic E-state index is 12.4. The molecule has 0 unspecified atom stereocenters. The molecule has 0 saturated carbocycles. The lowest BCUT2D eigenvalue weighted by Gasteiger charge is -2.19. The van der Waals surface area contributed by atoms with Crippen molar-refractivity contribution in [2.45, 2.75) is 39.2 Å². The first-order valence-corrected chi connectivity index (χ1v) is 13.2. The summed E-state index contributed by atoms with van der Waals surface area (Å²) >= 11 is 0. The van der Waals surface area contributed by atoms with Crippen LogP contribution >= 0.6 is 0 Å². The largest absolute Gasteiger partial charge is 0.493 e. The minimum atomic E-state index is -0.497. The normalized spacial score (nSPS) is 13.5. The first kappa shape index (κ1) is 32.8. The average molecular weight is 564 g/mol. The molecule has 11 heteroatoms. The zero-order valence-corrected chi connectivity index (χ0v) is 24.1. The molecule has 1 heterocycles. The zero-order valence-electron chi connectivity index (χ0n) is 24.1. The number of methoxy groups -OCH3 is 2. The van der Waals surface area contributed by atoms with Crippen molar-refractivity contribution in [3.05, 3.63) is 35.9 Å². The van der Waals surface area contributed by atoms with E-state index in [0.29, 0.717) is 68.8 Å². The third-order valence-corrected chi connectivity index (χ3v) is 5.30. The van der Waals surface area contributed by atoms with Gasteiger partial charge in [0.2, 0.25) is 5.75 Å². The van der Waals surface area contributed by atoms with Crippen LogP contribution in [0, 0.1) is 0 Å². The highest BCUT2D eigenvalue weighted by Crippen LogP contribution is 2.39. The molecule has 2 rings (SSSR count). The van der Waals surface area contributed by atoms with Gasteiger partial charge >= 0.3 is 5.97 Å². The van der Waals surface area contributed by atoms with E-state index in [1.54, 1.807) is 24.3 Å². The number of hydrogen-bond donors (Lipinski definition) is 0. The molecule has 0 aliphatic carbocycles. The van der Waals surface area contributed by atoms with Crippen LogP contribution in [-0.4, -0.2) is 95.3 Å². The van der Waals surface area contributed by atoms with E-state index in [2.05, 4.69) is 0 Å². The van der Waals surface area contributed by atoms with Gasteiger partial charge in [-0.1, -0.05) is 6.08 Å². The third-order valence-electron chi connectivity index (χ3n) is 5.30. The number of imide groups is 1. The predicted octanol–water partition coefficient (Wildman–Crippen LogP) is 3.19. The molecule has 11 nitrogen and oxygen atoms in total. The summed E-state index contributed by atoms with van der Waals surface area (Å²) in [4.78, 5) is 37.1. The monoisotopic (exact) mass is 563 g/mol. The second-order valence-electron chi connectivity index (χ2n) is 9.63. The maximum absolute atomic E-state index is 12.4. The molecule has 0 aromatic heterocycles. The van der Waals surface area contributed by atoms with Crippen LogP contribution in [0.1, 0.15) is 39.2 Å². The highest BCUT2D eigenvalue weighted by molar-refractivity contribution is 6.06. The Morgan fingerprint density at radius 3 is 2.02 bits per heavy atom. The molecule has 1 aliphatic rings. The molecule has 0 radical (unpaired) electrons. The highest BCUT2D eigenvalue weighted by Gasteiger charge is 2.19. The lowest BCUT2D eigenvalue weighted by Crippen LogP contribution is -2.37. The molecule has 0 fully saturated rings. The topological polar surface area (TPSA) is 119 Å². The van der Waals surface area contributed by atoms with E-state index in [1.807, 2.05) is 20.8 Å². The van der Waals surface area contributed by atoms with Crippen molar-refractivity contribution in [1.82, 2.24) is 4.90 Å². The molecule has 0 atom stereocenters. The second-order valence-corrected chi connectivity index (χ2v) is 9.63. The quantitative estimate of drug-likeness (QED) is 0.159. The molecule has 0 saturated heterocycles. The zero-order chi connectivity index (χ0) is 29.4. The minimum absolute atomic E-state index is 0.202. The molecule has 40 heavy (non-hydrogen) atoms. The van der Waals surface area contributed by atoms with Crippen LogP contribution in [0.2, 0.25) is 0 Å². The van der Waals surface area contributed by atoms with Crippen LogP contribution in [0.5, 0.6) is 17.2 Å². The summed E-state index contributed by atoms with van der Waals surface area (Å²) in [5.74, 6) is 0.267. The van der Waals surface area contributed by atoms with Crippen molar-refractivity contribution in [3.8, 4) is 17.2 Å². The van der Waals surface area contributed by atoms with Crippen LogP contribution in [0.3, 0.4) is 0 Å². The summed E-state index contributed by atoms with van der Waals surface area (Å²) in [7, 11) is 3.02. The Kier molecular flexibility index (Phi) is 14.2. The van der Waals surface area contributed by atoms with Gasteiger partial charge in [0.05, 0.1) is 60.3 Å². The molecule has 2 amide bonds. The summed E-state index contributed by atoms with van der Waals surface area (Å²) in [5, 5.41) is 0. The molecule has 1 aliphatic heterocycles. The number of benzene rings is 1. The van der Waals surface area contributed by atoms with Gasteiger partial charge in [0.25, 0.3) is 11.8 Å². The number of carbonyl (C=O) groups is 3. The number of carbonyl (C=O) groups excluding carboxylic acids is 3. The molecular formula is C29H41NO10. The molecule has 0 N–H and O–H groups in total. The fraction of sp³-hybridized carbons (Fsp3) is 0.552. The van der Waals surface area contributed by atoms with Gasteiger partial charge in [-0.05, 0) is 57.0 Å². The van der Waals surface area contributed by atoms with Gasteiger partial charge < -0.3 is 33.2 Å². The van der Waals surface area contributed by atoms with E-state index in [1.165, 1.54) is 31.3 Å². The maximum Gasteiger partial charge on any atom is 0.308 e. The SMILES string of the molecule is COc1cc(/C=C/C(=O)N2CCC=CC2=O)cc(OC)c1OCCOCCOCCOCCC(=O)OC(C)(C)C. The molecule has 222 valence electrons. The summed E-state index contributed by atoms with van der Waals surface area (Å²) < 4.78 is 38.3. The van der Waals surface area contributed by atoms with Crippen molar-refractivity contribution in [2.75, 3.05) is 67.0 Å². The van der Waals surface area contributed by atoms with Crippen molar-refractivity contribution < 1.29 is 47.5 Å². The average Bonchev–Trinajstić information content (AvgIpc) is 2.91. The molecule has 0 bridgehead atoms. The van der Waals surface area contributed by atoms with E-state index in [9.17, 15) is 14.4 Å².